The molecule has 0 saturated carbocycles. The zero-order valence-electron chi connectivity index (χ0n) is 13.1. The van der Waals surface area contributed by atoms with Crippen molar-refractivity contribution in [1.82, 2.24) is 10.2 Å². The molecule has 0 radical (unpaired) electrons. The zero-order chi connectivity index (χ0) is 15.0. The smallest absolute Gasteiger partial charge is 0.118 e. The van der Waals surface area contributed by atoms with E-state index >= 15 is 0 Å². The number of hydrogen-bond donors (Lipinski definition) is 2. The van der Waals surface area contributed by atoms with Gasteiger partial charge in [-0.3, -0.25) is 0 Å². The Balaban J connectivity index is 2.65. The van der Waals surface area contributed by atoms with Gasteiger partial charge in [-0.15, -0.1) is 0 Å². The number of benzene rings is 1. The Bertz CT molecular complexity index is 377. The van der Waals surface area contributed by atoms with E-state index in [9.17, 15) is 5.11 Å². The van der Waals surface area contributed by atoms with Crippen molar-refractivity contribution in [3.05, 3.63) is 29.8 Å². The average Bonchev–Trinajstić information content (AvgIpc) is 2.51. The molecule has 2 N–H and O–H groups in total. The summed E-state index contributed by atoms with van der Waals surface area (Å²) in [6, 6.07) is 7.85. The maximum absolute atomic E-state index is 9.74. The van der Waals surface area contributed by atoms with Crippen molar-refractivity contribution in [2.24, 2.45) is 0 Å². The fourth-order valence-corrected chi connectivity index (χ4v) is 2.24. The van der Waals surface area contributed by atoms with Crippen molar-refractivity contribution in [3.63, 3.8) is 0 Å². The summed E-state index contributed by atoms with van der Waals surface area (Å²) in [4.78, 5) is 2.36. The van der Waals surface area contributed by atoms with Crippen LogP contribution in [0.15, 0.2) is 24.3 Å². The average molecular weight is 280 g/mol. The fourth-order valence-electron chi connectivity index (χ4n) is 2.24. The van der Waals surface area contributed by atoms with E-state index in [-0.39, 0.29) is 6.61 Å². The van der Waals surface area contributed by atoms with Gasteiger partial charge in [0.2, 0.25) is 0 Å². The first kappa shape index (κ1) is 17.0. The molecular weight excluding hydrogens is 252 g/mol. The van der Waals surface area contributed by atoms with E-state index in [0.717, 1.165) is 37.5 Å². The van der Waals surface area contributed by atoms with Gasteiger partial charge >= 0.3 is 0 Å². The van der Waals surface area contributed by atoms with Crippen LogP contribution in [-0.2, 0) is 5.54 Å². The molecule has 0 aromatic heterocycles. The molecule has 0 aliphatic carbocycles. The summed E-state index contributed by atoms with van der Waals surface area (Å²) >= 11 is 0. The van der Waals surface area contributed by atoms with E-state index in [2.05, 4.69) is 24.1 Å². The first-order valence-corrected chi connectivity index (χ1v) is 7.32. The number of methoxy groups -OCH3 is 1. The number of rotatable bonds is 9. The molecule has 4 nitrogen and oxygen atoms in total. The van der Waals surface area contributed by atoms with Gasteiger partial charge in [-0.25, -0.2) is 0 Å². The second kappa shape index (κ2) is 8.25. The van der Waals surface area contributed by atoms with Crippen molar-refractivity contribution in [2.45, 2.75) is 26.3 Å². The van der Waals surface area contributed by atoms with Gasteiger partial charge in [0.1, 0.15) is 5.75 Å². The highest BCUT2D eigenvalue weighted by Crippen LogP contribution is 2.22. The molecule has 114 valence electrons. The maximum Gasteiger partial charge on any atom is 0.118 e. The van der Waals surface area contributed by atoms with Crippen molar-refractivity contribution in [1.29, 1.82) is 0 Å². The fraction of sp³-hybridized carbons (Fsp3) is 0.625. The molecule has 0 bridgehead atoms. The van der Waals surface area contributed by atoms with Crippen LogP contribution < -0.4 is 10.1 Å². The molecule has 0 aliphatic heterocycles. The van der Waals surface area contributed by atoms with E-state index < -0.39 is 5.54 Å². The maximum atomic E-state index is 9.74. The minimum Gasteiger partial charge on any atom is -0.497 e. The largest absolute Gasteiger partial charge is 0.497 e. The lowest BCUT2D eigenvalue weighted by Gasteiger charge is -2.31. The van der Waals surface area contributed by atoms with Crippen LogP contribution in [0.3, 0.4) is 0 Å². The lowest BCUT2D eigenvalue weighted by molar-refractivity contribution is 0.168. The molecule has 0 spiro atoms. The van der Waals surface area contributed by atoms with Crippen LogP contribution in [0.5, 0.6) is 5.75 Å². The summed E-state index contributed by atoms with van der Waals surface area (Å²) in [5, 5.41) is 13.2. The summed E-state index contributed by atoms with van der Waals surface area (Å²) in [5.41, 5.74) is 0.653. The van der Waals surface area contributed by atoms with Gasteiger partial charge in [0, 0.05) is 13.1 Å². The van der Waals surface area contributed by atoms with Crippen LogP contribution >= 0.6 is 0 Å². The van der Waals surface area contributed by atoms with Crippen LogP contribution in [-0.4, -0.2) is 49.9 Å². The Morgan fingerprint density at radius 3 is 2.25 bits per heavy atom. The summed E-state index contributed by atoms with van der Waals surface area (Å²) in [7, 11) is 1.66. The monoisotopic (exact) mass is 280 g/mol. The Morgan fingerprint density at radius 2 is 1.80 bits per heavy atom. The molecule has 0 amide bonds. The Labute approximate surface area is 122 Å². The Kier molecular flexibility index (Phi) is 6.99. The number of nitrogens with zero attached hydrogens (tertiary/aromatic N) is 1. The highest BCUT2D eigenvalue weighted by Gasteiger charge is 2.25. The number of nitrogens with one attached hydrogen (secondary N) is 1. The lowest BCUT2D eigenvalue weighted by atomic mass is 9.93. The van der Waals surface area contributed by atoms with Gasteiger partial charge < -0.3 is 20.1 Å². The van der Waals surface area contributed by atoms with Crippen molar-refractivity contribution < 1.29 is 9.84 Å². The third kappa shape index (κ3) is 4.47. The Hall–Kier alpha value is -1.10. The number of aliphatic hydroxyl groups is 1. The van der Waals surface area contributed by atoms with Crippen LogP contribution in [0.25, 0.3) is 0 Å². The predicted octanol–water partition coefficient (Wildman–Crippen LogP) is 1.83. The summed E-state index contributed by atoms with van der Waals surface area (Å²) in [5.74, 6) is 0.831. The molecule has 4 heteroatoms. The van der Waals surface area contributed by atoms with Crippen molar-refractivity contribution in [3.8, 4) is 5.75 Å². The Morgan fingerprint density at radius 1 is 1.20 bits per heavy atom. The summed E-state index contributed by atoms with van der Waals surface area (Å²) in [6.45, 7) is 10.4. The van der Waals surface area contributed by atoms with Gasteiger partial charge in [-0.2, -0.15) is 0 Å². The van der Waals surface area contributed by atoms with Crippen LogP contribution in [0.4, 0.5) is 0 Å². The minimum absolute atomic E-state index is 0.0670. The van der Waals surface area contributed by atoms with E-state index in [1.165, 1.54) is 0 Å². The van der Waals surface area contributed by atoms with Gasteiger partial charge in [0.25, 0.3) is 0 Å². The lowest BCUT2D eigenvalue weighted by Crippen LogP contribution is -2.46. The topological polar surface area (TPSA) is 44.7 Å². The first-order valence-electron chi connectivity index (χ1n) is 7.32. The molecule has 1 aromatic carbocycles. The molecule has 1 rings (SSSR count). The molecule has 1 unspecified atom stereocenters. The van der Waals surface area contributed by atoms with E-state index in [4.69, 9.17) is 4.74 Å². The van der Waals surface area contributed by atoms with Gasteiger partial charge in [-0.1, -0.05) is 26.0 Å². The van der Waals surface area contributed by atoms with E-state index in [0.29, 0.717) is 0 Å². The van der Waals surface area contributed by atoms with Crippen LogP contribution in [0, 0.1) is 0 Å². The molecule has 20 heavy (non-hydrogen) atoms. The number of ether oxygens (including phenoxy) is 1. The van der Waals surface area contributed by atoms with Crippen molar-refractivity contribution in [2.75, 3.05) is 39.9 Å². The third-order valence-electron chi connectivity index (χ3n) is 3.88. The predicted molar refractivity (Wildman–Crippen MR) is 83.2 cm³/mol. The first-order chi connectivity index (χ1) is 9.59. The minimum atomic E-state index is -0.417. The number of likely N-dealkylation sites (N-methyl/N-ethyl adjacent to an activating group) is 1. The summed E-state index contributed by atoms with van der Waals surface area (Å²) < 4.78 is 5.17. The molecule has 0 heterocycles. The van der Waals surface area contributed by atoms with Gasteiger partial charge in [0.05, 0.1) is 19.3 Å². The number of aliphatic hydroxyl groups excluding tert-OH is 1. The van der Waals surface area contributed by atoms with Gasteiger partial charge in [-0.05, 0) is 37.7 Å². The molecule has 1 aromatic rings. The standard InChI is InChI=1S/C16H28N2O2/c1-5-18(6-2)12-11-17-16(3,13-19)14-7-9-15(20-4)10-8-14/h7-10,17,19H,5-6,11-13H2,1-4H3. The third-order valence-corrected chi connectivity index (χ3v) is 3.88. The molecule has 0 fully saturated rings. The number of hydrogen-bond acceptors (Lipinski definition) is 4. The zero-order valence-corrected chi connectivity index (χ0v) is 13.1. The van der Waals surface area contributed by atoms with Crippen molar-refractivity contribution >= 4 is 0 Å². The normalized spacial score (nSPS) is 14.3. The molecule has 1 atom stereocenters. The second-order valence-corrected chi connectivity index (χ2v) is 5.17. The molecular formula is C16H28N2O2. The highest BCUT2D eigenvalue weighted by molar-refractivity contribution is 5.31. The van der Waals surface area contributed by atoms with E-state index in [1.54, 1.807) is 7.11 Å². The second-order valence-electron chi connectivity index (χ2n) is 5.17. The molecule has 0 aliphatic rings. The quantitative estimate of drug-likeness (QED) is 0.724. The SMILES string of the molecule is CCN(CC)CCNC(C)(CO)c1ccc(OC)cc1. The van der Waals surface area contributed by atoms with E-state index in [1.807, 2.05) is 31.2 Å². The summed E-state index contributed by atoms with van der Waals surface area (Å²) in [6.07, 6.45) is 0. The molecule has 0 saturated heterocycles. The highest BCUT2D eigenvalue weighted by atomic mass is 16.5. The van der Waals surface area contributed by atoms with Crippen LogP contribution in [0.1, 0.15) is 26.3 Å². The van der Waals surface area contributed by atoms with Gasteiger partial charge in [0.15, 0.2) is 0 Å². The van der Waals surface area contributed by atoms with Crippen LogP contribution in [0.2, 0.25) is 0 Å².